The Balaban J connectivity index is 1.85. The van der Waals surface area contributed by atoms with Crippen LogP contribution in [-0.4, -0.2) is 142 Å². The predicted octanol–water partition coefficient (Wildman–Crippen LogP) is 5.43. The zero-order valence-corrected chi connectivity index (χ0v) is 37.4. The number of hydrogen-bond acceptors (Lipinski definition) is 15. The fourth-order valence-corrected chi connectivity index (χ4v) is 7.50. The topological polar surface area (TPSA) is 231 Å². The lowest BCUT2D eigenvalue weighted by molar-refractivity contribution is -0.332. The second-order valence-corrected chi connectivity index (χ2v) is 16.9. The van der Waals surface area contributed by atoms with Crippen LogP contribution in [-0.2, 0) is 38.0 Å². The molecule has 2 saturated heterocycles. The first kappa shape index (κ1) is 55.4. The molecular formula is C46H84O15. The summed E-state index contributed by atoms with van der Waals surface area (Å²) in [6.45, 7) is 2.55. The maximum atomic E-state index is 12.9. The Hall–Kier alpha value is -1.76. The highest BCUT2D eigenvalue weighted by Crippen LogP contribution is 2.26. The van der Waals surface area contributed by atoms with Gasteiger partial charge in [0.25, 0.3) is 0 Å². The molecule has 0 spiro atoms. The van der Waals surface area contributed by atoms with E-state index in [0.717, 1.165) is 57.8 Å². The number of carbonyl (C=O) groups excluding carboxylic acids is 2. The van der Waals surface area contributed by atoms with Crippen molar-refractivity contribution in [3.63, 3.8) is 0 Å². The molecule has 0 aromatic heterocycles. The Labute approximate surface area is 365 Å². The van der Waals surface area contributed by atoms with Gasteiger partial charge in [0.2, 0.25) is 0 Å². The Morgan fingerprint density at radius 1 is 0.508 bits per heavy atom. The van der Waals surface area contributed by atoms with Crippen molar-refractivity contribution >= 4 is 11.9 Å². The van der Waals surface area contributed by atoms with Crippen LogP contribution in [0.2, 0.25) is 0 Å². The van der Waals surface area contributed by atoms with E-state index in [9.17, 15) is 45.3 Å². The van der Waals surface area contributed by atoms with Crippen LogP contribution >= 0.6 is 0 Å². The molecule has 0 saturated carbocycles. The third-order valence-electron chi connectivity index (χ3n) is 11.5. The largest absolute Gasteiger partial charge is 0.462 e. The van der Waals surface area contributed by atoms with Crippen LogP contribution in [0.15, 0.2) is 12.2 Å². The molecule has 15 heteroatoms. The molecule has 0 aromatic carbocycles. The van der Waals surface area contributed by atoms with E-state index in [0.29, 0.717) is 12.8 Å². The van der Waals surface area contributed by atoms with Gasteiger partial charge < -0.3 is 64.2 Å². The lowest BCUT2D eigenvalue weighted by Gasteiger charge is -2.42. The molecule has 4 unspecified atom stereocenters. The van der Waals surface area contributed by atoms with Crippen molar-refractivity contribution in [1.29, 1.82) is 0 Å². The molecule has 2 aliphatic rings. The Morgan fingerprint density at radius 3 is 1.46 bits per heavy atom. The van der Waals surface area contributed by atoms with Gasteiger partial charge in [-0.15, -0.1) is 0 Å². The van der Waals surface area contributed by atoms with Crippen LogP contribution in [0.3, 0.4) is 0 Å². The van der Waals surface area contributed by atoms with Gasteiger partial charge in [-0.2, -0.15) is 0 Å². The Morgan fingerprint density at radius 2 is 0.934 bits per heavy atom. The molecule has 0 radical (unpaired) electrons. The first-order valence-corrected chi connectivity index (χ1v) is 23.8. The summed E-state index contributed by atoms with van der Waals surface area (Å²) in [5.74, 6) is -0.930. The van der Waals surface area contributed by atoms with Gasteiger partial charge in [0.1, 0.15) is 55.4 Å². The second kappa shape index (κ2) is 34.6. The SMILES string of the molecule is CCCCCC/C=C/CCCCCCCC(=O)OC[C@H](CO[C@@H]1O[C@H](CO[C@@H]2O[C@H](CO)[C@H](O)C(O)C2O)[C@H](O)C(O)C1O)OC(=O)CCCCCCCCCCCCCC. The van der Waals surface area contributed by atoms with Crippen LogP contribution < -0.4 is 0 Å². The molecule has 2 rings (SSSR count). The highest BCUT2D eigenvalue weighted by Gasteiger charge is 2.47. The molecule has 15 nitrogen and oxygen atoms in total. The standard InChI is InChI=1S/C46H84O15/c1-3-5-7-9-11-13-15-17-19-20-22-24-26-28-37(48)56-31-34(59-38(49)29-27-25-23-21-18-16-14-12-10-8-6-4-2)32-57-45-44(55)42(53)40(51)36(61-45)33-58-46-43(54)41(52)39(50)35(30-47)60-46/h13,15,34-36,39-47,50-55H,3-12,14,16-33H2,1-2H3/b15-13+/t34-,35-,36-,39+,40+,41?,42?,43?,44?,45-,46-/m1/s1. The van der Waals surface area contributed by atoms with Crippen LogP contribution in [0, 0.1) is 0 Å². The van der Waals surface area contributed by atoms with Crippen molar-refractivity contribution in [2.75, 3.05) is 26.4 Å². The summed E-state index contributed by atoms with van der Waals surface area (Å²) < 4.78 is 33.5. The number of ether oxygens (including phenoxy) is 6. The number of allylic oxidation sites excluding steroid dienone is 2. The summed E-state index contributed by atoms with van der Waals surface area (Å²) in [5, 5.41) is 71.9. The average molecular weight is 877 g/mol. The molecular weight excluding hydrogens is 792 g/mol. The third kappa shape index (κ3) is 23.7. The molecule has 2 heterocycles. The zero-order chi connectivity index (χ0) is 44.7. The molecule has 2 aliphatic heterocycles. The fourth-order valence-electron chi connectivity index (χ4n) is 7.50. The Kier molecular flexibility index (Phi) is 31.4. The van der Waals surface area contributed by atoms with Gasteiger partial charge >= 0.3 is 11.9 Å². The van der Waals surface area contributed by atoms with Gasteiger partial charge in [0.15, 0.2) is 18.7 Å². The summed E-state index contributed by atoms with van der Waals surface area (Å²) in [5.41, 5.74) is 0. The van der Waals surface area contributed by atoms with E-state index in [1.165, 1.54) is 77.0 Å². The van der Waals surface area contributed by atoms with Crippen molar-refractivity contribution in [3.8, 4) is 0 Å². The number of aliphatic hydroxyl groups is 7. The predicted molar refractivity (Wildman–Crippen MR) is 229 cm³/mol. The minimum absolute atomic E-state index is 0.168. The summed E-state index contributed by atoms with van der Waals surface area (Å²) in [7, 11) is 0. The quantitative estimate of drug-likeness (QED) is 0.0236. The van der Waals surface area contributed by atoms with E-state index in [2.05, 4.69) is 26.0 Å². The van der Waals surface area contributed by atoms with Gasteiger partial charge in [-0.05, 0) is 38.5 Å². The van der Waals surface area contributed by atoms with Gasteiger partial charge in [-0.1, -0.05) is 135 Å². The lowest BCUT2D eigenvalue weighted by Crippen LogP contribution is -2.61. The van der Waals surface area contributed by atoms with Crippen LogP contribution in [0.4, 0.5) is 0 Å². The zero-order valence-electron chi connectivity index (χ0n) is 37.4. The molecule has 358 valence electrons. The number of aliphatic hydroxyl groups excluding tert-OH is 7. The summed E-state index contributed by atoms with van der Waals surface area (Å²) >= 11 is 0. The van der Waals surface area contributed by atoms with Crippen LogP contribution in [0.1, 0.15) is 174 Å². The average Bonchev–Trinajstić information content (AvgIpc) is 3.25. The number of carbonyl (C=O) groups is 2. The van der Waals surface area contributed by atoms with E-state index in [4.69, 9.17) is 28.4 Å². The molecule has 7 N–H and O–H groups in total. The molecule has 0 amide bonds. The third-order valence-corrected chi connectivity index (χ3v) is 11.5. The first-order chi connectivity index (χ1) is 29.5. The van der Waals surface area contributed by atoms with E-state index in [1.54, 1.807) is 0 Å². The van der Waals surface area contributed by atoms with E-state index in [1.807, 2.05) is 0 Å². The van der Waals surface area contributed by atoms with Crippen LogP contribution in [0.5, 0.6) is 0 Å². The first-order valence-electron chi connectivity index (χ1n) is 23.8. The molecule has 0 aromatic rings. The van der Waals surface area contributed by atoms with Crippen molar-refractivity contribution in [3.05, 3.63) is 12.2 Å². The van der Waals surface area contributed by atoms with Crippen molar-refractivity contribution in [1.82, 2.24) is 0 Å². The van der Waals surface area contributed by atoms with Crippen molar-refractivity contribution in [2.45, 2.75) is 242 Å². The monoisotopic (exact) mass is 877 g/mol. The molecule has 0 bridgehead atoms. The maximum Gasteiger partial charge on any atom is 0.306 e. The van der Waals surface area contributed by atoms with Crippen molar-refractivity contribution < 1.29 is 73.8 Å². The number of esters is 2. The lowest BCUT2D eigenvalue weighted by atomic mass is 9.98. The highest BCUT2D eigenvalue weighted by atomic mass is 16.7. The number of unbranched alkanes of at least 4 members (excludes halogenated alkanes) is 20. The normalized spacial score (nSPS) is 27.4. The van der Waals surface area contributed by atoms with E-state index >= 15 is 0 Å². The smallest absolute Gasteiger partial charge is 0.306 e. The van der Waals surface area contributed by atoms with Gasteiger partial charge in [0.05, 0.1) is 19.8 Å². The fraction of sp³-hybridized carbons (Fsp3) is 0.913. The highest BCUT2D eigenvalue weighted by molar-refractivity contribution is 5.70. The number of hydrogen-bond donors (Lipinski definition) is 7. The minimum atomic E-state index is -1.76. The minimum Gasteiger partial charge on any atom is -0.462 e. The van der Waals surface area contributed by atoms with Gasteiger partial charge in [0, 0.05) is 12.8 Å². The van der Waals surface area contributed by atoms with Gasteiger partial charge in [-0.3, -0.25) is 9.59 Å². The molecule has 11 atom stereocenters. The molecule has 0 aliphatic carbocycles. The second-order valence-electron chi connectivity index (χ2n) is 16.9. The summed E-state index contributed by atoms with van der Waals surface area (Å²) in [6, 6.07) is 0. The van der Waals surface area contributed by atoms with Crippen molar-refractivity contribution in [2.24, 2.45) is 0 Å². The summed E-state index contributed by atoms with van der Waals surface area (Å²) in [4.78, 5) is 25.6. The van der Waals surface area contributed by atoms with Crippen LogP contribution in [0.25, 0.3) is 0 Å². The summed E-state index contributed by atoms with van der Waals surface area (Å²) in [6.07, 6.45) is 13.9. The Bertz CT molecular complexity index is 1120. The molecule has 61 heavy (non-hydrogen) atoms. The van der Waals surface area contributed by atoms with E-state index in [-0.39, 0.29) is 26.1 Å². The van der Waals surface area contributed by atoms with E-state index < -0.39 is 92.7 Å². The molecule has 2 fully saturated rings. The van der Waals surface area contributed by atoms with Gasteiger partial charge in [-0.25, -0.2) is 0 Å². The maximum absolute atomic E-state index is 12.9. The number of rotatable bonds is 36.